The number of nitrogens with zero attached hydrogens (tertiary/aromatic N) is 1. The second-order valence-corrected chi connectivity index (χ2v) is 4.99. The summed E-state index contributed by atoms with van der Waals surface area (Å²) in [6, 6.07) is 10.2. The van der Waals surface area contributed by atoms with E-state index in [0.717, 1.165) is 12.1 Å². The van der Waals surface area contributed by atoms with Crippen molar-refractivity contribution >= 4 is 11.6 Å². The van der Waals surface area contributed by atoms with Crippen molar-refractivity contribution < 1.29 is 27.4 Å². The molecule has 0 saturated carbocycles. The van der Waals surface area contributed by atoms with E-state index in [2.05, 4.69) is 15.0 Å². The van der Waals surface area contributed by atoms with E-state index in [0.29, 0.717) is 11.3 Å². The minimum Gasteiger partial charge on any atom is -0.406 e. The molecule has 9 heteroatoms. The zero-order valence-electron chi connectivity index (χ0n) is 12.8. The summed E-state index contributed by atoms with van der Waals surface area (Å²) in [5, 5.41) is 12.6. The molecule has 2 rings (SSSR count). The molecule has 5 nitrogen and oxygen atoms in total. The number of halogens is 4. The normalized spacial score (nSPS) is 13.4. The quantitative estimate of drug-likeness (QED) is 0.436. The van der Waals surface area contributed by atoms with Gasteiger partial charge < -0.3 is 20.9 Å². The first kappa shape index (κ1) is 18.5. The van der Waals surface area contributed by atoms with Gasteiger partial charge in [-0.15, -0.1) is 13.2 Å². The number of ether oxygens (including phenoxy) is 1. The summed E-state index contributed by atoms with van der Waals surface area (Å²) in [5.41, 5.74) is 6.53. The molecule has 4 N–H and O–H groups in total. The Morgan fingerprint density at radius 1 is 1.12 bits per heavy atom. The van der Waals surface area contributed by atoms with Crippen LogP contribution in [0.1, 0.15) is 11.7 Å². The molecule has 0 fully saturated rings. The van der Waals surface area contributed by atoms with Gasteiger partial charge in [-0.3, -0.25) is 4.99 Å². The van der Waals surface area contributed by atoms with Crippen molar-refractivity contribution in [2.45, 2.75) is 12.5 Å². The van der Waals surface area contributed by atoms with E-state index in [1.165, 1.54) is 36.4 Å². The molecule has 134 valence electrons. The molecule has 0 bridgehead atoms. The number of aliphatic hydroxyl groups excluding tert-OH is 1. The second-order valence-electron chi connectivity index (χ2n) is 4.99. The highest BCUT2D eigenvalue weighted by atomic mass is 19.4. The number of alkyl halides is 3. The fourth-order valence-corrected chi connectivity index (χ4v) is 1.90. The maximum atomic E-state index is 12.8. The number of guanidine groups is 1. The van der Waals surface area contributed by atoms with Crippen LogP contribution in [0.2, 0.25) is 0 Å². The van der Waals surface area contributed by atoms with Crippen molar-refractivity contribution in [2.75, 3.05) is 11.9 Å². The monoisotopic (exact) mass is 357 g/mol. The van der Waals surface area contributed by atoms with Gasteiger partial charge in [0.1, 0.15) is 11.6 Å². The van der Waals surface area contributed by atoms with Crippen LogP contribution in [0.4, 0.5) is 23.2 Å². The van der Waals surface area contributed by atoms with E-state index in [9.17, 15) is 22.7 Å². The third-order valence-electron chi connectivity index (χ3n) is 3.05. The molecule has 1 unspecified atom stereocenters. The molecule has 25 heavy (non-hydrogen) atoms. The first-order chi connectivity index (χ1) is 11.7. The van der Waals surface area contributed by atoms with Gasteiger partial charge in [-0.1, -0.05) is 12.1 Å². The summed E-state index contributed by atoms with van der Waals surface area (Å²) in [6.07, 6.45) is -5.73. The van der Waals surface area contributed by atoms with Gasteiger partial charge in [-0.05, 0) is 42.0 Å². The fraction of sp³-hybridized carbons (Fsp3) is 0.188. The standard InChI is InChI=1S/C16H15F4N3O2/c17-11-3-1-10(2-4-11)14(24)9-22-15(21)23-12-5-7-13(8-6-12)25-16(18,19)20/h1-8,14,24H,9H2,(H3,21,22,23). The van der Waals surface area contributed by atoms with Crippen molar-refractivity contribution in [3.63, 3.8) is 0 Å². The number of benzene rings is 2. The van der Waals surface area contributed by atoms with Gasteiger partial charge in [0.2, 0.25) is 0 Å². The zero-order chi connectivity index (χ0) is 18.4. The van der Waals surface area contributed by atoms with Gasteiger partial charge in [0.15, 0.2) is 5.96 Å². The van der Waals surface area contributed by atoms with Crippen LogP contribution < -0.4 is 15.8 Å². The third kappa shape index (κ3) is 6.30. The van der Waals surface area contributed by atoms with Crippen LogP contribution >= 0.6 is 0 Å². The third-order valence-corrected chi connectivity index (χ3v) is 3.05. The number of anilines is 1. The highest BCUT2D eigenvalue weighted by Crippen LogP contribution is 2.23. The maximum Gasteiger partial charge on any atom is 0.573 e. The number of aliphatic hydroxyl groups is 1. The predicted molar refractivity (Wildman–Crippen MR) is 84.6 cm³/mol. The molecule has 0 spiro atoms. The number of rotatable bonds is 5. The predicted octanol–water partition coefficient (Wildman–Crippen LogP) is 3.18. The lowest BCUT2D eigenvalue weighted by Gasteiger charge is -2.11. The number of nitrogens with one attached hydrogen (secondary N) is 1. The second kappa shape index (κ2) is 7.84. The Labute approximate surface area is 140 Å². The van der Waals surface area contributed by atoms with E-state index in [4.69, 9.17) is 5.73 Å². The molecular formula is C16H15F4N3O2. The Morgan fingerprint density at radius 2 is 1.72 bits per heavy atom. The molecule has 2 aromatic rings. The van der Waals surface area contributed by atoms with Gasteiger partial charge in [0, 0.05) is 5.69 Å². The maximum absolute atomic E-state index is 12.8. The Kier molecular flexibility index (Phi) is 5.81. The van der Waals surface area contributed by atoms with E-state index in [-0.39, 0.29) is 18.3 Å². The minimum atomic E-state index is -4.76. The molecule has 2 aromatic carbocycles. The van der Waals surface area contributed by atoms with Crippen LogP contribution in [0.25, 0.3) is 0 Å². The largest absolute Gasteiger partial charge is 0.573 e. The Hall–Kier alpha value is -2.81. The fourth-order valence-electron chi connectivity index (χ4n) is 1.90. The Morgan fingerprint density at radius 3 is 2.28 bits per heavy atom. The number of hydrogen-bond acceptors (Lipinski definition) is 3. The summed E-state index contributed by atoms with van der Waals surface area (Å²) >= 11 is 0. The summed E-state index contributed by atoms with van der Waals surface area (Å²) in [5.74, 6) is -0.815. The average molecular weight is 357 g/mol. The van der Waals surface area contributed by atoms with Crippen LogP contribution in [0.5, 0.6) is 5.75 Å². The highest BCUT2D eigenvalue weighted by molar-refractivity contribution is 5.92. The molecule has 0 aromatic heterocycles. The van der Waals surface area contributed by atoms with Crippen LogP contribution in [0.3, 0.4) is 0 Å². The topological polar surface area (TPSA) is 79.9 Å². The smallest absolute Gasteiger partial charge is 0.406 e. The molecule has 0 aliphatic carbocycles. The molecule has 0 aliphatic heterocycles. The van der Waals surface area contributed by atoms with Crippen molar-refractivity contribution in [1.82, 2.24) is 0 Å². The molecule has 0 heterocycles. The van der Waals surface area contributed by atoms with E-state index in [1.54, 1.807) is 0 Å². The lowest BCUT2D eigenvalue weighted by atomic mass is 10.1. The Bertz CT molecular complexity index is 716. The van der Waals surface area contributed by atoms with E-state index >= 15 is 0 Å². The van der Waals surface area contributed by atoms with Crippen molar-refractivity contribution in [1.29, 1.82) is 0 Å². The molecule has 1 atom stereocenters. The number of aliphatic imine (C=N–C) groups is 1. The van der Waals surface area contributed by atoms with Gasteiger partial charge in [0.05, 0.1) is 12.6 Å². The highest BCUT2D eigenvalue weighted by Gasteiger charge is 2.30. The summed E-state index contributed by atoms with van der Waals surface area (Å²) in [7, 11) is 0. The number of hydrogen-bond donors (Lipinski definition) is 3. The molecule has 0 saturated heterocycles. The summed E-state index contributed by atoms with van der Waals surface area (Å²) in [4.78, 5) is 3.93. The molecular weight excluding hydrogens is 342 g/mol. The summed E-state index contributed by atoms with van der Waals surface area (Å²) < 4.78 is 52.8. The van der Waals surface area contributed by atoms with Crippen LogP contribution in [-0.4, -0.2) is 24.0 Å². The van der Waals surface area contributed by atoms with E-state index < -0.39 is 18.3 Å². The van der Waals surface area contributed by atoms with Crippen molar-refractivity contribution in [2.24, 2.45) is 10.7 Å². The average Bonchev–Trinajstić information content (AvgIpc) is 2.54. The SMILES string of the molecule is NC(=NCC(O)c1ccc(F)cc1)Nc1ccc(OC(F)(F)F)cc1. The van der Waals surface area contributed by atoms with Gasteiger partial charge >= 0.3 is 6.36 Å². The lowest BCUT2D eigenvalue weighted by molar-refractivity contribution is -0.274. The minimum absolute atomic E-state index is 0.0364. The Balaban J connectivity index is 1.91. The van der Waals surface area contributed by atoms with Gasteiger partial charge in [0.25, 0.3) is 0 Å². The van der Waals surface area contributed by atoms with Gasteiger partial charge in [-0.2, -0.15) is 0 Å². The van der Waals surface area contributed by atoms with Crippen molar-refractivity contribution in [3.8, 4) is 5.75 Å². The molecule has 0 amide bonds. The van der Waals surface area contributed by atoms with E-state index in [1.807, 2.05) is 0 Å². The zero-order valence-corrected chi connectivity index (χ0v) is 12.8. The van der Waals surface area contributed by atoms with Gasteiger partial charge in [-0.25, -0.2) is 4.39 Å². The van der Waals surface area contributed by atoms with Crippen LogP contribution in [0.15, 0.2) is 53.5 Å². The first-order valence-corrected chi connectivity index (χ1v) is 7.09. The number of nitrogens with two attached hydrogens (primary N) is 1. The van der Waals surface area contributed by atoms with Crippen LogP contribution in [0, 0.1) is 5.82 Å². The van der Waals surface area contributed by atoms with Crippen molar-refractivity contribution in [3.05, 3.63) is 59.9 Å². The molecule has 0 aliphatic rings. The summed E-state index contributed by atoms with van der Waals surface area (Å²) in [6.45, 7) is -0.0697. The molecule has 0 radical (unpaired) electrons. The lowest BCUT2D eigenvalue weighted by Crippen LogP contribution is -2.23. The van der Waals surface area contributed by atoms with Crippen LogP contribution in [-0.2, 0) is 0 Å². The first-order valence-electron chi connectivity index (χ1n) is 7.09.